The third kappa shape index (κ3) is 4.29. The Kier molecular flexibility index (Phi) is 5.76. The van der Waals surface area contributed by atoms with E-state index in [2.05, 4.69) is 11.8 Å². The second kappa shape index (κ2) is 7.57. The summed E-state index contributed by atoms with van der Waals surface area (Å²) in [4.78, 5) is 16.8. The average molecular weight is 289 g/mol. The number of piperidine rings is 1. The lowest BCUT2D eigenvalue weighted by Crippen LogP contribution is -2.45. The highest BCUT2D eigenvalue weighted by molar-refractivity contribution is 5.78. The molecular formula is C17H27N3O. The van der Waals surface area contributed by atoms with E-state index in [9.17, 15) is 4.79 Å². The molecule has 2 N–H and O–H groups in total. The Morgan fingerprint density at radius 2 is 1.81 bits per heavy atom. The summed E-state index contributed by atoms with van der Waals surface area (Å²) in [6.45, 7) is 6.05. The van der Waals surface area contributed by atoms with Gasteiger partial charge in [-0.25, -0.2) is 0 Å². The molecule has 2 rings (SSSR count). The van der Waals surface area contributed by atoms with Crippen LogP contribution in [0.5, 0.6) is 0 Å². The molecule has 21 heavy (non-hydrogen) atoms. The normalized spacial score (nSPS) is 16.9. The number of hydrogen-bond acceptors (Lipinski definition) is 3. The molecule has 0 bridgehead atoms. The molecule has 4 heteroatoms. The van der Waals surface area contributed by atoms with E-state index >= 15 is 0 Å². The molecule has 1 heterocycles. The maximum Gasteiger partial charge on any atom is 0.226 e. The third-order valence-electron chi connectivity index (χ3n) is 4.56. The zero-order chi connectivity index (χ0) is 15.2. The van der Waals surface area contributed by atoms with Crippen LogP contribution in [0.3, 0.4) is 0 Å². The first kappa shape index (κ1) is 16.0. The number of rotatable bonds is 5. The van der Waals surface area contributed by atoms with Crippen molar-refractivity contribution in [3.63, 3.8) is 0 Å². The average Bonchev–Trinajstić information content (AvgIpc) is 2.55. The number of likely N-dealkylation sites (N-methyl/N-ethyl adjacent to an activating group) is 1. The van der Waals surface area contributed by atoms with Crippen LogP contribution in [0.1, 0.15) is 30.9 Å². The number of carbonyl (C=O) groups excluding carboxylic acids is 1. The Hall–Kier alpha value is -1.39. The van der Waals surface area contributed by atoms with Crippen LogP contribution in [0.4, 0.5) is 0 Å². The van der Waals surface area contributed by atoms with Gasteiger partial charge in [0.05, 0.1) is 6.42 Å². The predicted molar refractivity (Wildman–Crippen MR) is 85.9 cm³/mol. The molecule has 0 aliphatic carbocycles. The van der Waals surface area contributed by atoms with Crippen LogP contribution in [0.25, 0.3) is 0 Å². The molecule has 4 nitrogen and oxygen atoms in total. The molecule has 1 aliphatic rings. The SMILES string of the molecule is CCN1CCC(N(C)C(=O)Cc2ccc(CN)cc2)CC1. The van der Waals surface area contributed by atoms with Gasteiger partial charge < -0.3 is 15.5 Å². The lowest BCUT2D eigenvalue weighted by molar-refractivity contribution is -0.132. The second-order valence-corrected chi connectivity index (χ2v) is 5.87. The Balaban J connectivity index is 1.87. The van der Waals surface area contributed by atoms with Gasteiger partial charge in [-0.3, -0.25) is 4.79 Å². The van der Waals surface area contributed by atoms with E-state index in [-0.39, 0.29) is 5.91 Å². The zero-order valence-electron chi connectivity index (χ0n) is 13.2. The van der Waals surface area contributed by atoms with E-state index in [0.717, 1.165) is 43.6 Å². The van der Waals surface area contributed by atoms with Crippen LogP contribution in [-0.4, -0.2) is 48.4 Å². The van der Waals surface area contributed by atoms with Gasteiger partial charge in [0.2, 0.25) is 5.91 Å². The molecule has 1 fully saturated rings. The van der Waals surface area contributed by atoms with Crippen molar-refractivity contribution in [2.75, 3.05) is 26.7 Å². The second-order valence-electron chi connectivity index (χ2n) is 5.87. The van der Waals surface area contributed by atoms with Crippen molar-refractivity contribution in [3.8, 4) is 0 Å². The van der Waals surface area contributed by atoms with E-state index in [1.165, 1.54) is 0 Å². The predicted octanol–water partition coefficient (Wildman–Crippen LogP) is 1.63. The van der Waals surface area contributed by atoms with Gasteiger partial charge in [-0.15, -0.1) is 0 Å². The molecule has 0 saturated carbocycles. The molecule has 116 valence electrons. The van der Waals surface area contributed by atoms with Gasteiger partial charge in [0.1, 0.15) is 0 Å². The zero-order valence-corrected chi connectivity index (χ0v) is 13.2. The minimum Gasteiger partial charge on any atom is -0.342 e. The molecule has 0 radical (unpaired) electrons. The van der Waals surface area contributed by atoms with Crippen molar-refractivity contribution in [1.29, 1.82) is 0 Å². The van der Waals surface area contributed by atoms with Crippen LogP contribution >= 0.6 is 0 Å². The standard InChI is InChI=1S/C17H27N3O/c1-3-20-10-8-16(9-11-20)19(2)17(21)12-14-4-6-15(13-18)7-5-14/h4-7,16H,3,8-13,18H2,1-2H3. The topological polar surface area (TPSA) is 49.6 Å². The van der Waals surface area contributed by atoms with E-state index in [4.69, 9.17) is 5.73 Å². The highest BCUT2D eigenvalue weighted by atomic mass is 16.2. The minimum absolute atomic E-state index is 0.213. The number of amides is 1. The van der Waals surface area contributed by atoms with Gasteiger partial charge >= 0.3 is 0 Å². The highest BCUT2D eigenvalue weighted by Crippen LogP contribution is 2.16. The molecule has 1 saturated heterocycles. The van der Waals surface area contributed by atoms with Crippen molar-refractivity contribution >= 4 is 5.91 Å². The van der Waals surface area contributed by atoms with Gasteiger partial charge in [-0.05, 0) is 30.5 Å². The molecule has 1 aromatic carbocycles. The fourth-order valence-corrected chi connectivity index (χ4v) is 2.92. The molecular weight excluding hydrogens is 262 g/mol. The maximum absolute atomic E-state index is 12.4. The van der Waals surface area contributed by atoms with E-state index in [1.54, 1.807) is 0 Å². The summed E-state index contributed by atoms with van der Waals surface area (Å²) in [5.74, 6) is 0.213. The molecule has 1 amide bonds. The number of benzene rings is 1. The summed E-state index contributed by atoms with van der Waals surface area (Å²) < 4.78 is 0. The summed E-state index contributed by atoms with van der Waals surface area (Å²) >= 11 is 0. The maximum atomic E-state index is 12.4. The van der Waals surface area contributed by atoms with Gasteiger partial charge in [0.15, 0.2) is 0 Å². The molecule has 0 aromatic heterocycles. The monoisotopic (exact) mass is 289 g/mol. The molecule has 0 spiro atoms. The third-order valence-corrected chi connectivity index (χ3v) is 4.56. The Labute approximate surface area is 127 Å². The summed E-state index contributed by atoms with van der Waals surface area (Å²) in [6, 6.07) is 8.41. The summed E-state index contributed by atoms with van der Waals surface area (Å²) in [6.07, 6.45) is 2.65. The minimum atomic E-state index is 0.213. The number of likely N-dealkylation sites (tertiary alicyclic amines) is 1. The van der Waals surface area contributed by atoms with Crippen molar-refractivity contribution in [2.24, 2.45) is 5.73 Å². The number of nitrogens with two attached hydrogens (primary N) is 1. The molecule has 1 aliphatic heterocycles. The van der Waals surface area contributed by atoms with E-state index < -0.39 is 0 Å². The Morgan fingerprint density at radius 3 is 2.33 bits per heavy atom. The summed E-state index contributed by atoms with van der Waals surface area (Å²) in [5.41, 5.74) is 7.76. The molecule has 0 atom stereocenters. The largest absolute Gasteiger partial charge is 0.342 e. The number of hydrogen-bond donors (Lipinski definition) is 1. The van der Waals surface area contributed by atoms with Crippen molar-refractivity contribution in [2.45, 2.75) is 38.8 Å². The first-order valence-corrected chi connectivity index (χ1v) is 7.90. The van der Waals surface area contributed by atoms with E-state index in [1.807, 2.05) is 36.2 Å². The van der Waals surface area contributed by atoms with Gasteiger partial charge in [0, 0.05) is 32.7 Å². The number of nitrogens with zero attached hydrogens (tertiary/aromatic N) is 2. The molecule has 0 unspecified atom stereocenters. The first-order chi connectivity index (χ1) is 10.1. The van der Waals surface area contributed by atoms with Crippen LogP contribution in [0, 0.1) is 0 Å². The fourth-order valence-electron chi connectivity index (χ4n) is 2.92. The quantitative estimate of drug-likeness (QED) is 0.896. The number of carbonyl (C=O) groups is 1. The highest BCUT2D eigenvalue weighted by Gasteiger charge is 2.24. The Morgan fingerprint density at radius 1 is 1.24 bits per heavy atom. The van der Waals surface area contributed by atoms with Crippen molar-refractivity contribution < 1.29 is 4.79 Å². The van der Waals surface area contributed by atoms with Crippen LogP contribution in [-0.2, 0) is 17.8 Å². The van der Waals surface area contributed by atoms with Crippen molar-refractivity contribution in [3.05, 3.63) is 35.4 Å². The smallest absolute Gasteiger partial charge is 0.226 e. The molecule has 1 aromatic rings. The van der Waals surface area contributed by atoms with E-state index in [0.29, 0.717) is 19.0 Å². The lowest BCUT2D eigenvalue weighted by atomic mass is 10.0. The lowest BCUT2D eigenvalue weighted by Gasteiger charge is -2.36. The van der Waals surface area contributed by atoms with Gasteiger partial charge in [-0.2, -0.15) is 0 Å². The van der Waals surface area contributed by atoms with Crippen LogP contribution in [0.15, 0.2) is 24.3 Å². The fraction of sp³-hybridized carbons (Fsp3) is 0.588. The Bertz CT molecular complexity index is 450. The van der Waals surface area contributed by atoms with Gasteiger partial charge in [-0.1, -0.05) is 31.2 Å². The van der Waals surface area contributed by atoms with Crippen LogP contribution in [0.2, 0.25) is 0 Å². The van der Waals surface area contributed by atoms with Gasteiger partial charge in [0.25, 0.3) is 0 Å². The summed E-state index contributed by atoms with van der Waals surface area (Å²) in [5, 5.41) is 0. The first-order valence-electron chi connectivity index (χ1n) is 7.90. The summed E-state index contributed by atoms with van der Waals surface area (Å²) in [7, 11) is 1.95. The van der Waals surface area contributed by atoms with Crippen molar-refractivity contribution in [1.82, 2.24) is 9.80 Å². The van der Waals surface area contributed by atoms with Crippen LogP contribution < -0.4 is 5.73 Å².